The van der Waals surface area contributed by atoms with Gasteiger partial charge in [-0.1, -0.05) is 20.8 Å². The van der Waals surface area contributed by atoms with Gasteiger partial charge in [0.25, 0.3) is 0 Å². The topological polar surface area (TPSA) is 49.4 Å². The second kappa shape index (κ2) is 6.77. The van der Waals surface area contributed by atoms with Crippen molar-refractivity contribution in [3.63, 3.8) is 0 Å². The van der Waals surface area contributed by atoms with Crippen molar-refractivity contribution in [1.82, 2.24) is 9.62 Å². The molecule has 0 aliphatic carbocycles. The fourth-order valence-electron chi connectivity index (χ4n) is 2.99. The molecular formula is C15H26N2O2S2. The van der Waals surface area contributed by atoms with E-state index in [0.29, 0.717) is 24.5 Å². The molecule has 1 aromatic heterocycles. The van der Waals surface area contributed by atoms with Gasteiger partial charge < -0.3 is 5.32 Å². The summed E-state index contributed by atoms with van der Waals surface area (Å²) in [7, 11) is -3.34. The molecule has 21 heavy (non-hydrogen) atoms. The van der Waals surface area contributed by atoms with Gasteiger partial charge in [0, 0.05) is 24.5 Å². The number of sulfonamides is 1. The van der Waals surface area contributed by atoms with Crippen molar-refractivity contribution in [3.05, 3.63) is 16.3 Å². The number of hydrogen-bond donors (Lipinski definition) is 1. The first-order chi connectivity index (χ1) is 9.99. The summed E-state index contributed by atoms with van der Waals surface area (Å²) in [6.07, 6.45) is 3.07. The Balaban J connectivity index is 2.22. The lowest BCUT2D eigenvalue weighted by atomic mass is 9.82. The minimum atomic E-state index is -3.34. The highest BCUT2D eigenvalue weighted by molar-refractivity contribution is 7.89. The first kappa shape index (κ1) is 16.9. The Bertz CT molecular complexity index is 562. The van der Waals surface area contributed by atoms with Crippen molar-refractivity contribution >= 4 is 21.4 Å². The van der Waals surface area contributed by atoms with E-state index in [-0.39, 0.29) is 5.41 Å². The van der Waals surface area contributed by atoms with E-state index < -0.39 is 10.0 Å². The summed E-state index contributed by atoms with van der Waals surface area (Å²) >= 11 is 1.52. The van der Waals surface area contributed by atoms with Crippen LogP contribution in [0.5, 0.6) is 0 Å². The first-order valence-electron chi connectivity index (χ1n) is 7.76. The number of hydrogen-bond acceptors (Lipinski definition) is 4. The fraction of sp³-hybridized carbons (Fsp3) is 0.733. The van der Waals surface area contributed by atoms with Crippen molar-refractivity contribution < 1.29 is 8.42 Å². The largest absolute Gasteiger partial charge is 0.312 e. The van der Waals surface area contributed by atoms with Crippen LogP contribution in [0.15, 0.2) is 16.3 Å². The molecule has 0 aromatic carbocycles. The van der Waals surface area contributed by atoms with E-state index in [1.807, 2.05) is 12.3 Å². The highest BCUT2D eigenvalue weighted by Crippen LogP contribution is 2.40. The van der Waals surface area contributed by atoms with E-state index >= 15 is 0 Å². The van der Waals surface area contributed by atoms with Crippen molar-refractivity contribution in [2.75, 3.05) is 19.6 Å². The van der Waals surface area contributed by atoms with Crippen molar-refractivity contribution in [1.29, 1.82) is 0 Å². The molecule has 6 heteroatoms. The van der Waals surface area contributed by atoms with Gasteiger partial charge in [0.15, 0.2) is 0 Å². The van der Waals surface area contributed by atoms with Crippen LogP contribution < -0.4 is 5.32 Å². The van der Waals surface area contributed by atoms with Gasteiger partial charge in [-0.25, -0.2) is 8.42 Å². The fourth-order valence-corrected chi connectivity index (χ4v) is 5.93. The highest BCUT2D eigenvalue weighted by atomic mass is 32.2. The average molecular weight is 331 g/mol. The normalized spacial score (nSPS) is 19.2. The number of thiophene rings is 1. The van der Waals surface area contributed by atoms with Crippen molar-refractivity contribution in [2.45, 2.75) is 51.5 Å². The monoisotopic (exact) mass is 330 g/mol. The molecule has 0 saturated carbocycles. The van der Waals surface area contributed by atoms with Crippen LogP contribution in [0.4, 0.5) is 0 Å². The summed E-state index contributed by atoms with van der Waals surface area (Å²) in [5, 5.41) is 5.10. The third-order valence-electron chi connectivity index (χ3n) is 4.76. The maximum atomic E-state index is 12.9. The Morgan fingerprint density at radius 2 is 2.05 bits per heavy atom. The molecule has 0 bridgehead atoms. The molecule has 0 unspecified atom stereocenters. The van der Waals surface area contributed by atoms with Crippen LogP contribution in [0.2, 0.25) is 0 Å². The number of rotatable bonds is 7. The standard InChI is InChI=1S/C15H26N2O2S2/c1-4-15(5-2)8-9-17(12-15)21(18,19)14-7-10-20-13(14)11-16-6-3/h7,10,16H,4-6,8-9,11-12H2,1-3H3. The molecular weight excluding hydrogens is 304 g/mol. The van der Waals surface area contributed by atoms with Crippen molar-refractivity contribution in [2.24, 2.45) is 5.41 Å². The second-order valence-corrected chi connectivity index (χ2v) is 8.69. The molecule has 1 aromatic rings. The predicted octanol–water partition coefficient (Wildman–Crippen LogP) is 3.06. The lowest BCUT2D eigenvalue weighted by Gasteiger charge is -2.26. The number of nitrogens with one attached hydrogen (secondary N) is 1. The molecule has 1 aliphatic rings. The van der Waals surface area contributed by atoms with Crippen LogP contribution >= 0.6 is 11.3 Å². The number of nitrogens with zero attached hydrogens (tertiary/aromatic N) is 1. The minimum Gasteiger partial charge on any atom is -0.312 e. The Hall–Kier alpha value is -0.430. The Morgan fingerprint density at radius 1 is 1.33 bits per heavy atom. The Kier molecular flexibility index (Phi) is 5.46. The minimum absolute atomic E-state index is 0.172. The lowest BCUT2D eigenvalue weighted by molar-refractivity contribution is 0.279. The zero-order valence-electron chi connectivity index (χ0n) is 13.2. The average Bonchev–Trinajstić information content (AvgIpc) is 3.12. The van der Waals surface area contributed by atoms with Crippen molar-refractivity contribution in [3.8, 4) is 0 Å². The van der Waals surface area contributed by atoms with Gasteiger partial charge >= 0.3 is 0 Å². The maximum absolute atomic E-state index is 12.9. The molecule has 0 radical (unpaired) electrons. The zero-order chi connectivity index (χ0) is 15.5. The maximum Gasteiger partial charge on any atom is 0.244 e. The molecule has 1 fully saturated rings. The van der Waals surface area contributed by atoms with Crippen LogP contribution in [0, 0.1) is 5.41 Å². The van der Waals surface area contributed by atoms with E-state index in [4.69, 9.17) is 0 Å². The molecule has 1 aliphatic heterocycles. The molecule has 1 saturated heterocycles. The molecule has 0 spiro atoms. The first-order valence-corrected chi connectivity index (χ1v) is 10.1. The van der Waals surface area contributed by atoms with Crippen LogP contribution in [0.3, 0.4) is 0 Å². The molecule has 0 atom stereocenters. The van der Waals surface area contributed by atoms with Crippen LogP contribution in [0.25, 0.3) is 0 Å². The SMILES string of the molecule is CCNCc1sccc1S(=O)(=O)N1CCC(CC)(CC)C1. The molecule has 0 amide bonds. The molecule has 1 N–H and O–H groups in total. The third-order valence-corrected chi connectivity index (χ3v) is 7.74. The lowest BCUT2D eigenvalue weighted by Crippen LogP contribution is -2.32. The van der Waals surface area contributed by atoms with Gasteiger partial charge in [0.2, 0.25) is 10.0 Å². The molecule has 2 rings (SSSR count). The van der Waals surface area contributed by atoms with E-state index in [1.165, 1.54) is 11.3 Å². The van der Waals surface area contributed by atoms with E-state index in [9.17, 15) is 8.42 Å². The van der Waals surface area contributed by atoms with Gasteiger partial charge in [0.05, 0.1) is 4.90 Å². The van der Waals surface area contributed by atoms with Crippen LogP contribution in [0.1, 0.15) is 44.9 Å². The second-order valence-electron chi connectivity index (χ2n) is 5.78. The van der Waals surface area contributed by atoms with Gasteiger partial charge in [-0.3, -0.25) is 0 Å². The third kappa shape index (κ3) is 3.33. The summed E-state index contributed by atoms with van der Waals surface area (Å²) in [5.74, 6) is 0. The predicted molar refractivity (Wildman–Crippen MR) is 88.1 cm³/mol. The summed E-state index contributed by atoms with van der Waals surface area (Å²) in [5.41, 5.74) is 0.172. The summed E-state index contributed by atoms with van der Waals surface area (Å²) < 4.78 is 27.5. The highest BCUT2D eigenvalue weighted by Gasteiger charge is 2.41. The smallest absolute Gasteiger partial charge is 0.244 e. The van der Waals surface area contributed by atoms with E-state index in [0.717, 1.165) is 30.7 Å². The van der Waals surface area contributed by atoms with Gasteiger partial charge in [0.1, 0.15) is 0 Å². The van der Waals surface area contributed by atoms with Gasteiger partial charge in [-0.15, -0.1) is 11.3 Å². The summed E-state index contributed by atoms with van der Waals surface area (Å²) in [4.78, 5) is 1.42. The van der Waals surface area contributed by atoms with E-state index in [1.54, 1.807) is 10.4 Å². The summed E-state index contributed by atoms with van der Waals surface area (Å²) in [6.45, 7) is 9.15. The molecule has 120 valence electrons. The van der Waals surface area contributed by atoms with Gasteiger partial charge in [-0.05, 0) is 42.7 Å². The molecule has 4 nitrogen and oxygen atoms in total. The van der Waals surface area contributed by atoms with Crippen LogP contribution in [-0.2, 0) is 16.6 Å². The molecule has 2 heterocycles. The summed E-state index contributed by atoms with van der Waals surface area (Å²) in [6, 6.07) is 1.75. The quantitative estimate of drug-likeness (QED) is 0.836. The Labute approximate surface area is 132 Å². The van der Waals surface area contributed by atoms with Crippen LogP contribution in [-0.4, -0.2) is 32.4 Å². The Morgan fingerprint density at radius 3 is 2.62 bits per heavy atom. The zero-order valence-corrected chi connectivity index (χ0v) is 14.8. The van der Waals surface area contributed by atoms with E-state index in [2.05, 4.69) is 19.2 Å². The van der Waals surface area contributed by atoms with Gasteiger partial charge in [-0.2, -0.15) is 4.31 Å².